The van der Waals surface area contributed by atoms with Gasteiger partial charge in [0.15, 0.2) is 11.5 Å². The van der Waals surface area contributed by atoms with E-state index >= 15 is 0 Å². The summed E-state index contributed by atoms with van der Waals surface area (Å²) in [6.45, 7) is 6.69. The number of anilines is 1. The molecule has 0 spiro atoms. The van der Waals surface area contributed by atoms with Crippen LogP contribution in [0.1, 0.15) is 37.2 Å². The van der Waals surface area contributed by atoms with E-state index in [-0.39, 0.29) is 5.92 Å². The molecule has 0 aliphatic rings. The van der Waals surface area contributed by atoms with Gasteiger partial charge < -0.3 is 9.73 Å². The second kappa shape index (κ2) is 5.52. The molecule has 2 aromatic heterocycles. The maximum atomic E-state index is 5.70. The topological polar surface area (TPSA) is 63.8 Å². The Morgan fingerprint density at radius 2 is 2.05 bits per heavy atom. The lowest BCUT2D eigenvalue weighted by atomic mass is 10.2. The van der Waals surface area contributed by atoms with Crippen LogP contribution in [0, 0.1) is 6.92 Å². The SMILES string of the molecule is Cc1nccc(CNc2ccc3oc(C(C)C)nc3c2)n1. The molecule has 0 amide bonds. The normalized spacial score (nSPS) is 11.2. The minimum Gasteiger partial charge on any atom is -0.440 e. The van der Waals surface area contributed by atoms with Crippen molar-refractivity contribution in [3.05, 3.63) is 47.9 Å². The predicted molar refractivity (Wildman–Crippen MR) is 82.2 cm³/mol. The number of aromatic nitrogens is 3. The molecule has 0 unspecified atom stereocenters. The summed E-state index contributed by atoms with van der Waals surface area (Å²) in [5.41, 5.74) is 3.66. The zero-order valence-electron chi connectivity index (χ0n) is 12.4. The van der Waals surface area contributed by atoms with E-state index in [1.54, 1.807) is 6.20 Å². The molecule has 3 rings (SSSR count). The molecule has 21 heavy (non-hydrogen) atoms. The molecular formula is C16H18N4O. The number of rotatable bonds is 4. The highest BCUT2D eigenvalue weighted by molar-refractivity contribution is 5.77. The van der Waals surface area contributed by atoms with E-state index in [4.69, 9.17) is 4.42 Å². The molecule has 108 valence electrons. The Morgan fingerprint density at radius 1 is 1.19 bits per heavy atom. The second-order valence-corrected chi connectivity index (χ2v) is 5.34. The second-order valence-electron chi connectivity index (χ2n) is 5.34. The summed E-state index contributed by atoms with van der Waals surface area (Å²) >= 11 is 0. The third kappa shape index (κ3) is 3.02. The van der Waals surface area contributed by atoms with Gasteiger partial charge in [0, 0.05) is 17.8 Å². The summed E-state index contributed by atoms with van der Waals surface area (Å²) in [5, 5.41) is 3.35. The van der Waals surface area contributed by atoms with Crippen LogP contribution in [0.5, 0.6) is 0 Å². The molecule has 1 N–H and O–H groups in total. The van der Waals surface area contributed by atoms with Crippen LogP contribution < -0.4 is 5.32 Å². The molecule has 3 aromatic rings. The smallest absolute Gasteiger partial charge is 0.198 e. The van der Waals surface area contributed by atoms with Gasteiger partial charge in [-0.1, -0.05) is 13.8 Å². The van der Waals surface area contributed by atoms with E-state index < -0.39 is 0 Å². The van der Waals surface area contributed by atoms with Gasteiger partial charge in [0.2, 0.25) is 0 Å². The van der Waals surface area contributed by atoms with Crippen molar-refractivity contribution in [2.45, 2.75) is 33.2 Å². The first-order chi connectivity index (χ1) is 10.1. The molecule has 0 aliphatic heterocycles. The Morgan fingerprint density at radius 3 is 2.81 bits per heavy atom. The van der Waals surface area contributed by atoms with Gasteiger partial charge in [-0.05, 0) is 31.2 Å². The third-order valence-corrected chi connectivity index (χ3v) is 3.21. The third-order valence-electron chi connectivity index (χ3n) is 3.21. The molecule has 0 saturated carbocycles. The highest BCUT2D eigenvalue weighted by Crippen LogP contribution is 2.23. The summed E-state index contributed by atoms with van der Waals surface area (Å²) in [4.78, 5) is 13.0. The molecule has 1 aromatic carbocycles. The molecule has 2 heterocycles. The summed E-state index contributed by atoms with van der Waals surface area (Å²) in [6, 6.07) is 7.84. The summed E-state index contributed by atoms with van der Waals surface area (Å²) in [6.07, 6.45) is 1.77. The first kappa shape index (κ1) is 13.5. The van der Waals surface area contributed by atoms with E-state index in [0.29, 0.717) is 6.54 Å². The van der Waals surface area contributed by atoms with E-state index in [9.17, 15) is 0 Å². The lowest BCUT2D eigenvalue weighted by Gasteiger charge is -2.05. The van der Waals surface area contributed by atoms with Crippen LogP contribution in [0.2, 0.25) is 0 Å². The number of nitrogens with one attached hydrogen (secondary N) is 1. The van der Waals surface area contributed by atoms with Crippen LogP contribution in [0.3, 0.4) is 0 Å². The molecule has 0 aliphatic carbocycles. The summed E-state index contributed by atoms with van der Waals surface area (Å²) in [7, 11) is 0. The lowest BCUT2D eigenvalue weighted by Crippen LogP contribution is -2.03. The molecule has 0 atom stereocenters. The maximum absolute atomic E-state index is 5.70. The number of fused-ring (bicyclic) bond motifs is 1. The molecule has 0 radical (unpaired) electrons. The number of aryl methyl sites for hydroxylation is 1. The molecule has 5 heteroatoms. The maximum Gasteiger partial charge on any atom is 0.198 e. The fourth-order valence-electron chi connectivity index (χ4n) is 2.10. The summed E-state index contributed by atoms with van der Waals surface area (Å²) < 4.78 is 5.70. The fraction of sp³-hybridized carbons (Fsp3) is 0.312. The monoisotopic (exact) mass is 282 g/mol. The Hall–Kier alpha value is -2.43. The number of hydrogen-bond donors (Lipinski definition) is 1. The van der Waals surface area contributed by atoms with Gasteiger partial charge in [-0.25, -0.2) is 15.0 Å². The van der Waals surface area contributed by atoms with Crippen molar-refractivity contribution >= 4 is 16.8 Å². The van der Waals surface area contributed by atoms with Gasteiger partial charge in [0.1, 0.15) is 11.3 Å². The van der Waals surface area contributed by atoms with Crippen molar-refractivity contribution < 1.29 is 4.42 Å². The van der Waals surface area contributed by atoms with Crippen LogP contribution in [-0.4, -0.2) is 15.0 Å². The number of oxazole rings is 1. The minimum absolute atomic E-state index is 0.290. The van der Waals surface area contributed by atoms with Gasteiger partial charge in [0.25, 0.3) is 0 Å². The van der Waals surface area contributed by atoms with Gasteiger partial charge in [0.05, 0.1) is 12.2 Å². The van der Waals surface area contributed by atoms with Crippen LogP contribution in [0.4, 0.5) is 5.69 Å². The lowest BCUT2D eigenvalue weighted by molar-refractivity contribution is 0.501. The average molecular weight is 282 g/mol. The highest BCUT2D eigenvalue weighted by atomic mass is 16.3. The van der Waals surface area contributed by atoms with Crippen LogP contribution >= 0.6 is 0 Å². The average Bonchev–Trinajstić information content (AvgIpc) is 2.88. The predicted octanol–water partition coefficient (Wildman–Crippen LogP) is 3.66. The van der Waals surface area contributed by atoms with E-state index in [1.165, 1.54) is 0 Å². The van der Waals surface area contributed by atoms with Gasteiger partial charge in [-0.3, -0.25) is 0 Å². The van der Waals surface area contributed by atoms with Crippen molar-refractivity contribution in [2.75, 3.05) is 5.32 Å². The first-order valence-electron chi connectivity index (χ1n) is 7.05. The van der Waals surface area contributed by atoms with Crippen LogP contribution in [-0.2, 0) is 6.54 Å². The molecule has 0 fully saturated rings. The zero-order chi connectivity index (χ0) is 14.8. The number of benzene rings is 1. The number of hydrogen-bond acceptors (Lipinski definition) is 5. The minimum atomic E-state index is 0.290. The molecule has 5 nitrogen and oxygen atoms in total. The van der Waals surface area contributed by atoms with Gasteiger partial charge in [-0.2, -0.15) is 0 Å². The van der Waals surface area contributed by atoms with Crippen LogP contribution in [0.15, 0.2) is 34.9 Å². The van der Waals surface area contributed by atoms with E-state index in [0.717, 1.165) is 34.2 Å². The van der Waals surface area contributed by atoms with Crippen molar-refractivity contribution in [3.8, 4) is 0 Å². The van der Waals surface area contributed by atoms with Crippen LogP contribution in [0.25, 0.3) is 11.1 Å². The standard InChI is InChI=1S/C16H18N4O/c1-10(2)16-20-14-8-12(4-5-15(14)21-16)18-9-13-6-7-17-11(3)19-13/h4-8,10,18H,9H2,1-3H3. The first-order valence-corrected chi connectivity index (χ1v) is 7.05. The summed E-state index contributed by atoms with van der Waals surface area (Å²) in [5.74, 6) is 1.84. The van der Waals surface area contributed by atoms with E-state index in [2.05, 4.69) is 34.1 Å². The largest absolute Gasteiger partial charge is 0.440 e. The van der Waals surface area contributed by atoms with Gasteiger partial charge in [-0.15, -0.1) is 0 Å². The Balaban J connectivity index is 1.78. The Kier molecular flexibility index (Phi) is 3.56. The van der Waals surface area contributed by atoms with Crippen molar-refractivity contribution in [2.24, 2.45) is 0 Å². The van der Waals surface area contributed by atoms with Crippen molar-refractivity contribution in [1.82, 2.24) is 15.0 Å². The molecule has 0 bridgehead atoms. The van der Waals surface area contributed by atoms with E-state index in [1.807, 2.05) is 31.2 Å². The fourth-order valence-corrected chi connectivity index (χ4v) is 2.10. The highest BCUT2D eigenvalue weighted by Gasteiger charge is 2.09. The Labute approximate surface area is 123 Å². The van der Waals surface area contributed by atoms with Crippen molar-refractivity contribution in [3.63, 3.8) is 0 Å². The zero-order valence-corrected chi connectivity index (χ0v) is 12.4. The molecular weight excluding hydrogens is 264 g/mol. The Bertz CT molecular complexity index is 764. The number of nitrogens with zero attached hydrogens (tertiary/aromatic N) is 3. The quantitative estimate of drug-likeness (QED) is 0.791. The molecule has 0 saturated heterocycles. The van der Waals surface area contributed by atoms with Gasteiger partial charge >= 0.3 is 0 Å². The van der Waals surface area contributed by atoms with Crippen molar-refractivity contribution in [1.29, 1.82) is 0 Å².